The van der Waals surface area contributed by atoms with Gasteiger partial charge in [0.25, 0.3) is 5.91 Å². The van der Waals surface area contributed by atoms with Crippen molar-refractivity contribution in [1.29, 1.82) is 0 Å². The Morgan fingerprint density at radius 2 is 1.95 bits per heavy atom. The summed E-state index contributed by atoms with van der Waals surface area (Å²) in [6.07, 6.45) is 1.63. The SMILES string of the molecule is CCC1CN(C(=O)c2c(F)cccc2F)C(CC)CN1. The lowest BCUT2D eigenvalue weighted by molar-refractivity contribution is 0.0566. The monoisotopic (exact) mass is 282 g/mol. The molecule has 0 spiro atoms. The number of nitrogens with one attached hydrogen (secondary N) is 1. The molecule has 0 aliphatic carbocycles. The smallest absolute Gasteiger partial charge is 0.260 e. The minimum Gasteiger partial charge on any atom is -0.333 e. The van der Waals surface area contributed by atoms with Gasteiger partial charge in [0.1, 0.15) is 17.2 Å². The average molecular weight is 282 g/mol. The number of halogens is 2. The largest absolute Gasteiger partial charge is 0.333 e. The number of nitrogens with zero attached hydrogens (tertiary/aromatic N) is 1. The number of carbonyl (C=O) groups is 1. The summed E-state index contributed by atoms with van der Waals surface area (Å²) in [5.41, 5.74) is -0.442. The van der Waals surface area contributed by atoms with Crippen LogP contribution in [0.2, 0.25) is 0 Å². The molecule has 2 rings (SSSR count). The molecular weight excluding hydrogens is 262 g/mol. The van der Waals surface area contributed by atoms with Crippen LogP contribution in [0.25, 0.3) is 0 Å². The number of hydrogen-bond acceptors (Lipinski definition) is 2. The molecule has 1 N–H and O–H groups in total. The van der Waals surface area contributed by atoms with Gasteiger partial charge in [0.05, 0.1) is 0 Å². The zero-order valence-electron chi connectivity index (χ0n) is 11.8. The number of benzene rings is 1. The second kappa shape index (κ2) is 6.31. The molecule has 0 aromatic heterocycles. The highest BCUT2D eigenvalue weighted by Crippen LogP contribution is 2.20. The Hall–Kier alpha value is -1.49. The highest BCUT2D eigenvalue weighted by molar-refractivity contribution is 5.95. The summed E-state index contributed by atoms with van der Waals surface area (Å²) >= 11 is 0. The average Bonchev–Trinajstić information content (AvgIpc) is 2.46. The molecule has 20 heavy (non-hydrogen) atoms. The molecule has 0 bridgehead atoms. The van der Waals surface area contributed by atoms with Crippen LogP contribution in [-0.4, -0.2) is 36.0 Å². The topological polar surface area (TPSA) is 32.3 Å². The fraction of sp³-hybridized carbons (Fsp3) is 0.533. The van der Waals surface area contributed by atoms with Gasteiger partial charge >= 0.3 is 0 Å². The van der Waals surface area contributed by atoms with Gasteiger partial charge in [-0.1, -0.05) is 19.9 Å². The van der Waals surface area contributed by atoms with Gasteiger partial charge in [0.15, 0.2) is 0 Å². The van der Waals surface area contributed by atoms with Crippen LogP contribution in [0.4, 0.5) is 8.78 Å². The fourth-order valence-corrected chi connectivity index (χ4v) is 2.60. The summed E-state index contributed by atoms with van der Waals surface area (Å²) in [4.78, 5) is 14.1. The first-order valence-electron chi connectivity index (χ1n) is 7.06. The minimum absolute atomic E-state index is 0.0238. The Kier molecular flexibility index (Phi) is 4.70. The van der Waals surface area contributed by atoms with Crippen molar-refractivity contribution in [1.82, 2.24) is 10.2 Å². The van der Waals surface area contributed by atoms with Crippen LogP contribution in [0, 0.1) is 11.6 Å². The first-order valence-corrected chi connectivity index (χ1v) is 7.06. The molecule has 1 saturated heterocycles. The van der Waals surface area contributed by atoms with Crippen LogP contribution in [0.3, 0.4) is 0 Å². The van der Waals surface area contributed by atoms with E-state index in [4.69, 9.17) is 0 Å². The Bertz CT molecular complexity index is 473. The first kappa shape index (κ1) is 14.9. The van der Waals surface area contributed by atoms with Crippen LogP contribution in [0.15, 0.2) is 18.2 Å². The maximum atomic E-state index is 13.8. The molecule has 0 saturated carbocycles. The molecule has 1 heterocycles. The van der Waals surface area contributed by atoms with Crippen molar-refractivity contribution < 1.29 is 13.6 Å². The molecule has 5 heteroatoms. The predicted molar refractivity (Wildman–Crippen MR) is 73.6 cm³/mol. The van der Waals surface area contributed by atoms with Crippen molar-refractivity contribution >= 4 is 5.91 Å². The predicted octanol–water partition coefficient (Wildman–Crippen LogP) is 2.57. The van der Waals surface area contributed by atoms with Gasteiger partial charge in [-0.2, -0.15) is 0 Å². The third kappa shape index (κ3) is 2.82. The van der Waals surface area contributed by atoms with E-state index in [-0.39, 0.29) is 12.1 Å². The zero-order valence-corrected chi connectivity index (χ0v) is 11.8. The highest BCUT2D eigenvalue weighted by Gasteiger charge is 2.32. The van der Waals surface area contributed by atoms with Crippen LogP contribution in [0.1, 0.15) is 37.0 Å². The zero-order chi connectivity index (χ0) is 14.7. The third-order valence-electron chi connectivity index (χ3n) is 3.90. The van der Waals surface area contributed by atoms with Crippen molar-refractivity contribution in [2.45, 2.75) is 38.8 Å². The molecule has 1 aliphatic rings. The molecule has 1 aromatic rings. The van der Waals surface area contributed by atoms with E-state index in [0.717, 1.165) is 25.0 Å². The maximum absolute atomic E-state index is 13.8. The van der Waals surface area contributed by atoms with Gasteiger partial charge in [-0.3, -0.25) is 4.79 Å². The summed E-state index contributed by atoms with van der Waals surface area (Å²) in [6, 6.07) is 3.67. The van der Waals surface area contributed by atoms with E-state index in [2.05, 4.69) is 5.32 Å². The molecule has 1 fully saturated rings. The van der Waals surface area contributed by atoms with Crippen LogP contribution >= 0.6 is 0 Å². The summed E-state index contributed by atoms with van der Waals surface area (Å²) < 4.78 is 27.5. The third-order valence-corrected chi connectivity index (χ3v) is 3.90. The van der Waals surface area contributed by atoms with E-state index >= 15 is 0 Å². The molecule has 110 valence electrons. The first-order chi connectivity index (χ1) is 9.58. The lowest BCUT2D eigenvalue weighted by Gasteiger charge is -2.40. The van der Waals surface area contributed by atoms with E-state index in [1.54, 1.807) is 4.90 Å². The summed E-state index contributed by atoms with van der Waals surface area (Å²) in [5.74, 6) is -2.14. The molecular formula is C15H20F2N2O. The van der Waals surface area contributed by atoms with Gasteiger partial charge in [-0.25, -0.2) is 8.78 Å². The van der Waals surface area contributed by atoms with E-state index in [9.17, 15) is 13.6 Å². The van der Waals surface area contributed by atoms with Crippen LogP contribution < -0.4 is 5.32 Å². The number of piperazine rings is 1. The van der Waals surface area contributed by atoms with Crippen molar-refractivity contribution in [2.24, 2.45) is 0 Å². The standard InChI is InChI=1S/C15H20F2N2O/c1-3-10-9-19(11(4-2)8-18-10)15(20)14-12(16)6-5-7-13(14)17/h5-7,10-11,18H,3-4,8-9H2,1-2H3. The van der Waals surface area contributed by atoms with Crippen molar-refractivity contribution in [3.05, 3.63) is 35.4 Å². The summed E-state index contributed by atoms with van der Waals surface area (Å²) in [6.45, 7) is 5.14. The van der Waals surface area contributed by atoms with Crippen molar-refractivity contribution in [3.8, 4) is 0 Å². The Morgan fingerprint density at radius 3 is 2.50 bits per heavy atom. The lowest BCUT2D eigenvalue weighted by Crippen LogP contribution is -2.58. The minimum atomic E-state index is -0.795. The molecule has 1 amide bonds. The van der Waals surface area contributed by atoms with Gasteiger partial charge in [0.2, 0.25) is 0 Å². The molecule has 1 aromatic carbocycles. The molecule has 2 unspecified atom stereocenters. The fourth-order valence-electron chi connectivity index (χ4n) is 2.60. The van der Waals surface area contributed by atoms with Crippen LogP contribution in [-0.2, 0) is 0 Å². The van der Waals surface area contributed by atoms with Gasteiger partial charge < -0.3 is 10.2 Å². The molecule has 1 aliphatic heterocycles. The molecule has 3 nitrogen and oxygen atoms in total. The Balaban J connectivity index is 2.29. The Morgan fingerprint density at radius 1 is 1.30 bits per heavy atom. The van der Waals surface area contributed by atoms with Gasteiger partial charge in [-0.05, 0) is 25.0 Å². The highest BCUT2D eigenvalue weighted by atomic mass is 19.1. The van der Waals surface area contributed by atoms with Crippen LogP contribution in [0.5, 0.6) is 0 Å². The van der Waals surface area contributed by atoms with Crippen molar-refractivity contribution in [2.75, 3.05) is 13.1 Å². The second-order valence-corrected chi connectivity index (χ2v) is 5.13. The van der Waals surface area contributed by atoms with E-state index in [1.165, 1.54) is 6.07 Å². The normalized spacial score (nSPS) is 22.9. The number of amides is 1. The van der Waals surface area contributed by atoms with E-state index in [1.807, 2.05) is 13.8 Å². The number of hydrogen-bond donors (Lipinski definition) is 1. The Labute approximate surface area is 118 Å². The van der Waals surface area contributed by atoms with Gasteiger partial charge in [-0.15, -0.1) is 0 Å². The lowest BCUT2D eigenvalue weighted by atomic mass is 10.0. The second-order valence-electron chi connectivity index (χ2n) is 5.13. The van der Waals surface area contributed by atoms with Crippen molar-refractivity contribution in [3.63, 3.8) is 0 Å². The summed E-state index contributed by atoms with van der Waals surface area (Å²) in [5, 5.41) is 3.35. The quantitative estimate of drug-likeness (QED) is 0.924. The maximum Gasteiger partial charge on any atom is 0.260 e. The molecule has 2 atom stereocenters. The number of rotatable bonds is 3. The van der Waals surface area contributed by atoms with E-state index in [0.29, 0.717) is 13.1 Å². The number of carbonyl (C=O) groups excluding carboxylic acids is 1. The summed E-state index contributed by atoms with van der Waals surface area (Å²) in [7, 11) is 0. The molecule has 0 radical (unpaired) electrons. The van der Waals surface area contributed by atoms with Gasteiger partial charge in [0, 0.05) is 25.2 Å². The van der Waals surface area contributed by atoms with E-state index < -0.39 is 23.1 Å².